The number of carbonyl (C=O) groups excluding carboxylic acids is 2. The molecule has 16 nitrogen and oxygen atoms in total. The van der Waals surface area contributed by atoms with Crippen LogP contribution in [-0.4, -0.2) is 63.7 Å². The van der Waals surface area contributed by atoms with Crippen LogP contribution >= 0.6 is 34.4 Å². The average Bonchev–Trinajstić information content (AvgIpc) is 3.47. The number of nitrogens with zero attached hydrogens (tertiary/aromatic N) is 4. The molecule has 0 bridgehead atoms. The number of rotatable bonds is 10. The predicted octanol–water partition coefficient (Wildman–Crippen LogP) is -0.834. The van der Waals surface area contributed by atoms with E-state index in [0.717, 1.165) is 23.6 Å². The number of hydrogen-bond donors (Lipinski definition) is 6. The number of aromatic nitrogens is 8. The van der Waals surface area contributed by atoms with Gasteiger partial charge in [-0.25, -0.2) is 9.59 Å². The molecule has 0 aromatic carbocycles. The molecule has 0 radical (unpaired) electrons. The Kier molecular flexibility index (Phi) is 8.15. The Morgan fingerprint density at radius 3 is 1.54 bits per heavy atom. The first kappa shape index (κ1) is 25.9. The number of aromatic amines is 4. The van der Waals surface area contributed by atoms with E-state index in [1.54, 1.807) is 11.8 Å². The molecule has 0 fully saturated rings. The van der Waals surface area contributed by atoms with Gasteiger partial charge in [0.2, 0.25) is 10.3 Å². The summed E-state index contributed by atoms with van der Waals surface area (Å²) in [6.45, 7) is 0. The van der Waals surface area contributed by atoms with Crippen LogP contribution in [0, 0.1) is 0 Å². The lowest BCUT2D eigenvalue weighted by atomic mass is 10.4. The molecule has 6 N–H and O–H groups in total. The molecule has 4 aromatic rings. The summed E-state index contributed by atoms with van der Waals surface area (Å²) in [5, 5.41) is 22.6. The highest BCUT2D eigenvalue weighted by atomic mass is 32.2. The van der Waals surface area contributed by atoms with Crippen LogP contribution in [0.2, 0.25) is 0 Å². The standard InChI is InChI=1S/C18H16N10O6S3/c29-9-5-7(19-15(33)21-9)13(31)23-17-27-25-11(36-17)1-3-35-4-2-12-26-28-18(37-12)24-14(32)8-6-10(30)22-16(34)20-8/h5-6H,1-4H2,(H,23,27,31)(H,24,28,32)(H2,19,21,29,33)(H2,20,22,30,34). The number of hydrogen-bond acceptors (Lipinski definition) is 13. The number of amides is 2. The average molecular weight is 565 g/mol. The van der Waals surface area contributed by atoms with Gasteiger partial charge in [-0.15, -0.1) is 20.4 Å². The van der Waals surface area contributed by atoms with E-state index in [1.165, 1.54) is 22.7 Å². The summed E-state index contributed by atoms with van der Waals surface area (Å²) in [7, 11) is 0. The number of thioether (sulfide) groups is 1. The van der Waals surface area contributed by atoms with E-state index >= 15 is 0 Å². The second kappa shape index (κ2) is 11.7. The van der Waals surface area contributed by atoms with E-state index in [-0.39, 0.29) is 21.7 Å². The number of anilines is 2. The van der Waals surface area contributed by atoms with Crippen molar-refractivity contribution in [1.29, 1.82) is 0 Å². The second-order valence-corrected chi connectivity index (χ2v) is 10.4. The number of nitrogens with one attached hydrogen (secondary N) is 6. The smallest absolute Gasteiger partial charge is 0.303 e. The minimum absolute atomic E-state index is 0.189. The van der Waals surface area contributed by atoms with Gasteiger partial charge in [0.1, 0.15) is 21.4 Å². The maximum absolute atomic E-state index is 12.2. The van der Waals surface area contributed by atoms with Crippen molar-refractivity contribution in [2.24, 2.45) is 0 Å². The fourth-order valence-corrected chi connectivity index (χ4v) is 5.35. The van der Waals surface area contributed by atoms with Crippen LogP contribution in [0.25, 0.3) is 0 Å². The maximum Gasteiger partial charge on any atom is 0.326 e. The van der Waals surface area contributed by atoms with Gasteiger partial charge in [0.15, 0.2) is 0 Å². The Morgan fingerprint density at radius 1 is 0.703 bits per heavy atom. The molecule has 4 rings (SSSR count). The van der Waals surface area contributed by atoms with Gasteiger partial charge >= 0.3 is 11.4 Å². The first-order valence-electron chi connectivity index (χ1n) is 10.3. The Morgan fingerprint density at radius 2 is 1.14 bits per heavy atom. The molecule has 0 aliphatic carbocycles. The molecule has 4 heterocycles. The molecule has 0 saturated carbocycles. The maximum atomic E-state index is 12.2. The summed E-state index contributed by atoms with van der Waals surface area (Å²) in [5.41, 5.74) is -3.34. The predicted molar refractivity (Wildman–Crippen MR) is 136 cm³/mol. The Hall–Kier alpha value is -4.23. The normalized spacial score (nSPS) is 10.8. The zero-order valence-corrected chi connectivity index (χ0v) is 20.9. The largest absolute Gasteiger partial charge is 0.326 e. The molecule has 0 unspecified atom stereocenters. The van der Waals surface area contributed by atoms with Gasteiger partial charge in [-0.1, -0.05) is 22.7 Å². The Bertz CT molecular complexity index is 1490. The molecule has 192 valence electrons. The first-order valence-corrected chi connectivity index (χ1v) is 13.1. The van der Waals surface area contributed by atoms with Crippen molar-refractivity contribution in [1.82, 2.24) is 40.3 Å². The molecule has 37 heavy (non-hydrogen) atoms. The van der Waals surface area contributed by atoms with E-state index in [9.17, 15) is 28.8 Å². The van der Waals surface area contributed by atoms with Crippen molar-refractivity contribution < 1.29 is 9.59 Å². The summed E-state index contributed by atoms with van der Waals surface area (Å²) in [6, 6.07) is 1.94. The molecule has 19 heteroatoms. The SMILES string of the molecule is O=C(Nc1nnc(CCSCCc2nnc(NC(=O)c3cc(=O)[nH]c(=O)[nH]3)s2)s1)c1cc(=O)[nH]c(=O)[nH]1. The summed E-state index contributed by atoms with van der Waals surface area (Å²) >= 11 is 3.99. The van der Waals surface area contributed by atoms with E-state index in [2.05, 4.69) is 41.0 Å². The molecule has 0 spiro atoms. The van der Waals surface area contributed by atoms with E-state index < -0.39 is 34.3 Å². The second-order valence-electron chi connectivity index (χ2n) is 7.03. The van der Waals surface area contributed by atoms with Crippen molar-refractivity contribution >= 4 is 56.5 Å². The van der Waals surface area contributed by atoms with Crippen LogP contribution in [0.4, 0.5) is 10.3 Å². The molecule has 2 amide bonds. The van der Waals surface area contributed by atoms with E-state index in [0.29, 0.717) is 22.9 Å². The quantitative estimate of drug-likeness (QED) is 0.130. The van der Waals surface area contributed by atoms with Crippen LogP contribution in [0.1, 0.15) is 31.0 Å². The fourth-order valence-electron chi connectivity index (χ4n) is 2.74. The number of H-pyrrole nitrogens is 4. The highest BCUT2D eigenvalue weighted by molar-refractivity contribution is 7.99. The van der Waals surface area contributed by atoms with Crippen molar-refractivity contribution in [3.8, 4) is 0 Å². The Labute approximate surface area is 216 Å². The first-order chi connectivity index (χ1) is 17.7. The molecule has 4 aromatic heterocycles. The van der Waals surface area contributed by atoms with Gasteiger partial charge in [0.25, 0.3) is 22.9 Å². The van der Waals surface area contributed by atoms with Gasteiger partial charge in [0, 0.05) is 25.0 Å². The molecule has 0 saturated heterocycles. The molecule has 0 aliphatic heterocycles. The summed E-state index contributed by atoms with van der Waals surface area (Å²) in [5.74, 6) is 0.0853. The summed E-state index contributed by atoms with van der Waals surface area (Å²) in [4.78, 5) is 78.0. The number of aryl methyl sites for hydroxylation is 2. The fraction of sp³-hybridized carbons (Fsp3) is 0.222. The van der Waals surface area contributed by atoms with Gasteiger partial charge in [-0.3, -0.25) is 39.8 Å². The molecular formula is C18H16N10O6S3. The lowest BCUT2D eigenvalue weighted by Gasteiger charge is -2.00. The highest BCUT2D eigenvalue weighted by Crippen LogP contribution is 2.20. The van der Waals surface area contributed by atoms with Gasteiger partial charge in [-0.2, -0.15) is 11.8 Å². The highest BCUT2D eigenvalue weighted by Gasteiger charge is 2.13. The van der Waals surface area contributed by atoms with Crippen LogP contribution < -0.4 is 33.1 Å². The summed E-state index contributed by atoms with van der Waals surface area (Å²) < 4.78 is 0. The van der Waals surface area contributed by atoms with Gasteiger partial charge in [-0.05, 0) is 11.5 Å². The molecular weight excluding hydrogens is 548 g/mol. The lowest BCUT2D eigenvalue weighted by Crippen LogP contribution is -2.27. The third kappa shape index (κ3) is 7.38. The van der Waals surface area contributed by atoms with Crippen LogP contribution in [0.15, 0.2) is 31.3 Å². The van der Waals surface area contributed by atoms with Gasteiger partial charge in [0.05, 0.1) is 0 Å². The van der Waals surface area contributed by atoms with Crippen LogP contribution in [0.3, 0.4) is 0 Å². The third-order valence-electron chi connectivity index (χ3n) is 4.31. The van der Waals surface area contributed by atoms with E-state index in [4.69, 9.17) is 0 Å². The third-order valence-corrected chi connectivity index (χ3v) is 7.09. The van der Waals surface area contributed by atoms with Crippen LogP contribution in [-0.2, 0) is 12.8 Å². The number of carbonyl (C=O) groups is 2. The zero-order chi connectivity index (χ0) is 26.4. The Balaban J connectivity index is 1.19. The van der Waals surface area contributed by atoms with Crippen molar-refractivity contribution in [3.63, 3.8) is 0 Å². The van der Waals surface area contributed by atoms with Crippen LogP contribution in [0.5, 0.6) is 0 Å². The van der Waals surface area contributed by atoms with Crippen molar-refractivity contribution in [3.05, 3.63) is 75.2 Å². The monoisotopic (exact) mass is 564 g/mol. The molecule has 0 atom stereocenters. The van der Waals surface area contributed by atoms with Crippen molar-refractivity contribution in [2.45, 2.75) is 12.8 Å². The van der Waals surface area contributed by atoms with Gasteiger partial charge < -0.3 is 9.97 Å². The minimum atomic E-state index is -0.787. The van der Waals surface area contributed by atoms with E-state index in [1.807, 2.05) is 9.97 Å². The lowest BCUT2D eigenvalue weighted by molar-refractivity contribution is 0.101. The van der Waals surface area contributed by atoms with Crippen molar-refractivity contribution in [2.75, 3.05) is 22.1 Å². The summed E-state index contributed by atoms with van der Waals surface area (Å²) in [6.07, 6.45) is 1.21. The minimum Gasteiger partial charge on any atom is -0.303 e. The topological polar surface area (TPSA) is 241 Å². The zero-order valence-electron chi connectivity index (χ0n) is 18.4. The molecule has 0 aliphatic rings.